The number of ketones is 1. The number of carbonyl (C=O) groups is 2. The van der Waals surface area contributed by atoms with Gasteiger partial charge in [0.05, 0.1) is 12.5 Å². The molecule has 3 fully saturated rings. The van der Waals surface area contributed by atoms with Crippen LogP contribution >= 0.6 is 0 Å². The van der Waals surface area contributed by atoms with Gasteiger partial charge in [0.2, 0.25) is 0 Å². The Bertz CT molecular complexity index is 994. The molecule has 4 aliphatic carbocycles. The van der Waals surface area contributed by atoms with E-state index in [2.05, 4.69) is 39.8 Å². The van der Waals surface area contributed by atoms with Crippen LogP contribution in [0.15, 0.2) is 24.3 Å². The fourth-order valence-corrected chi connectivity index (χ4v) is 6.79. The summed E-state index contributed by atoms with van der Waals surface area (Å²) in [5.41, 5.74) is 3.92. The number of benzene rings is 1. The second-order valence-electron chi connectivity index (χ2n) is 11.4. The Morgan fingerprint density at radius 2 is 1.61 bits per heavy atom. The van der Waals surface area contributed by atoms with Gasteiger partial charge in [-0.3, -0.25) is 9.59 Å². The third kappa shape index (κ3) is 6.33. The quantitative estimate of drug-likeness (QED) is 0.169. The number of ether oxygens (including phenoxy) is 1. The largest absolute Gasteiger partial charge is 2.00 e. The zero-order valence-corrected chi connectivity index (χ0v) is 24.4. The van der Waals surface area contributed by atoms with Crippen LogP contribution in [0.5, 0.6) is 0 Å². The second-order valence-corrected chi connectivity index (χ2v) is 11.4. The van der Waals surface area contributed by atoms with Crippen molar-refractivity contribution in [1.82, 2.24) is 0 Å². The number of allylic oxidation sites excluding steroid dienone is 2. The molecule has 38 heavy (non-hydrogen) atoms. The van der Waals surface area contributed by atoms with Crippen molar-refractivity contribution >= 4 is 11.8 Å². The van der Waals surface area contributed by atoms with Gasteiger partial charge < -0.3 is 4.74 Å². The average molecular weight is 553 g/mol. The maximum absolute atomic E-state index is 13.3. The fraction of sp³-hybridized carbons (Fsp3) is 0.412. The zero-order chi connectivity index (χ0) is 26.6. The smallest absolute Gasteiger partial charge is 0.469 e. The molecule has 1 aromatic rings. The molecule has 3 saturated carbocycles. The number of esters is 1. The molecule has 4 aliphatic rings. The maximum Gasteiger partial charge on any atom is 2.00 e. The van der Waals surface area contributed by atoms with Crippen LogP contribution in [-0.4, -0.2) is 18.9 Å². The maximum atomic E-state index is 13.3. The van der Waals surface area contributed by atoms with Gasteiger partial charge in [0, 0.05) is 11.5 Å². The fourth-order valence-electron chi connectivity index (χ4n) is 6.79. The minimum atomic E-state index is -0.474. The van der Waals surface area contributed by atoms with E-state index in [1.807, 2.05) is 63.9 Å². The SMILES string of the molecule is COC(=O)[C@]1(C)CCC[C@]2(C)c3cc(C(=O)/C=C/[C]4[CH][CH][CH][CH]4)c(C(C)C)cc3CC[C@@H]12.[CH]1[CH][CH][CH][CH]1.[Fe+2]. The van der Waals surface area contributed by atoms with Crippen molar-refractivity contribution in [1.29, 1.82) is 0 Å². The number of carbonyl (C=O) groups excluding carboxylic acids is 2. The molecular weight excluding hydrogens is 512 g/mol. The molecular formula is C34H40FeO3+2. The molecule has 0 aromatic heterocycles. The number of fused-ring (bicyclic) bond motifs is 3. The van der Waals surface area contributed by atoms with E-state index in [1.54, 1.807) is 6.08 Å². The Hall–Kier alpha value is -1.38. The average Bonchev–Trinajstić information content (AvgIpc) is 3.63. The summed E-state index contributed by atoms with van der Waals surface area (Å²) in [5, 5.41) is 0. The van der Waals surface area contributed by atoms with Crippen molar-refractivity contribution < 1.29 is 31.4 Å². The van der Waals surface area contributed by atoms with E-state index >= 15 is 0 Å². The summed E-state index contributed by atoms with van der Waals surface area (Å²) in [4.78, 5) is 26.2. The Balaban J connectivity index is 0.000000598. The van der Waals surface area contributed by atoms with Crippen LogP contribution in [0, 0.1) is 75.0 Å². The summed E-state index contributed by atoms with van der Waals surface area (Å²) in [6.07, 6.45) is 26.4. The Labute approximate surface area is 242 Å². The molecule has 0 aliphatic heterocycles. The molecule has 1 aromatic carbocycles. The minimum Gasteiger partial charge on any atom is -0.469 e. The summed E-state index contributed by atoms with van der Waals surface area (Å²) in [5.74, 6) is 1.48. The van der Waals surface area contributed by atoms with Gasteiger partial charge in [-0.1, -0.05) is 39.3 Å². The van der Waals surface area contributed by atoms with Crippen molar-refractivity contribution in [3.05, 3.63) is 110 Å². The Morgan fingerprint density at radius 3 is 2.18 bits per heavy atom. The molecule has 4 heteroatoms. The van der Waals surface area contributed by atoms with Crippen LogP contribution < -0.4 is 0 Å². The topological polar surface area (TPSA) is 43.4 Å². The van der Waals surface area contributed by atoms with E-state index in [0.717, 1.165) is 49.1 Å². The van der Waals surface area contributed by atoms with Gasteiger partial charge in [-0.15, -0.1) is 0 Å². The molecule has 5 rings (SSSR count). The third-order valence-corrected chi connectivity index (χ3v) is 8.73. The molecule has 0 saturated heterocycles. The number of hydrogen-bond acceptors (Lipinski definition) is 3. The summed E-state index contributed by atoms with van der Waals surface area (Å²) < 4.78 is 5.25. The van der Waals surface area contributed by atoms with Crippen molar-refractivity contribution in [3.63, 3.8) is 0 Å². The van der Waals surface area contributed by atoms with Crippen molar-refractivity contribution in [2.45, 2.75) is 71.1 Å². The van der Waals surface area contributed by atoms with E-state index in [9.17, 15) is 9.59 Å². The van der Waals surface area contributed by atoms with E-state index < -0.39 is 5.41 Å². The molecule has 0 N–H and O–H groups in total. The van der Waals surface area contributed by atoms with Gasteiger partial charge in [-0.25, -0.2) is 0 Å². The molecule has 0 bridgehead atoms. The number of methoxy groups -OCH3 is 1. The third-order valence-electron chi connectivity index (χ3n) is 8.73. The van der Waals surface area contributed by atoms with Gasteiger partial charge >= 0.3 is 23.0 Å². The predicted octanol–water partition coefficient (Wildman–Crippen LogP) is 7.16. The first-order valence-corrected chi connectivity index (χ1v) is 13.6. The summed E-state index contributed by atoms with van der Waals surface area (Å²) in [6.45, 7) is 8.70. The van der Waals surface area contributed by atoms with Crippen LogP contribution in [0.4, 0.5) is 0 Å². The normalized spacial score (nSPS) is 28.7. The first-order valence-electron chi connectivity index (χ1n) is 13.6. The van der Waals surface area contributed by atoms with E-state index in [4.69, 9.17) is 4.74 Å². The Kier molecular flexibility index (Phi) is 10.9. The van der Waals surface area contributed by atoms with Gasteiger partial charge in [-0.05, 0) is 136 Å². The summed E-state index contributed by atoms with van der Waals surface area (Å²) in [6, 6.07) is 4.44. The molecule has 10 radical (unpaired) electrons. The van der Waals surface area contributed by atoms with E-state index in [0.29, 0.717) is 0 Å². The van der Waals surface area contributed by atoms with Crippen LogP contribution in [0.25, 0.3) is 0 Å². The predicted molar refractivity (Wildman–Crippen MR) is 149 cm³/mol. The molecule has 0 unspecified atom stereocenters. The monoisotopic (exact) mass is 552 g/mol. The summed E-state index contributed by atoms with van der Waals surface area (Å²) in [7, 11) is 1.50. The van der Waals surface area contributed by atoms with Crippen molar-refractivity contribution in [2.75, 3.05) is 7.11 Å². The number of aryl methyl sites for hydroxylation is 1. The molecule has 3 nitrogen and oxygen atoms in total. The van der Waals surface area contributed by atoms with Crippen LogP contribution in [-0.2, 0) is 38.4 Å². The van der Waals surface area contributed by atoms with Crippen molar-refractivity contribution in [2.24, 2.45) is 11.3 Å². The second kappa shape index (κ2) is 13.3. The molecule has 0 heterocycles. The molecule has 0 spiro atoms. The van der Waals surface area contributed by atoms with Gasteiger partial charge in [-0.2, -0.15) is 0 Å². The molecule has 3 atom stereocenters. The first-order chi connectivity index (χ1) is 17.7. The standard InChI is InChI=1S/C29H35O3.C5H5.Fe/c1-19(2)22-17-21-12-14-26-28(3,15-8-16-29(26,4)27(31)32-5)24(21)18-23(22)25(30)13-11-20-9-6-7-10-20;1-2-4-5-3-1;/h6-7,9-11,13,17-19,26H,8,12,14-16H2,1-5H3;1-5H;/q;;+2/b13-11+;;/t26-,28-,29-;;/m1../s1. The Morgan fingerprint density at radius 1 is 0.974 bits per heavy atom. The van der Waals surface area contributed by atoms with Crippen LogP contribution in [0.1, 0.15) is 86.3 Å². The van der Waals surface area contributed by atoms with Gasteiger partial charge in [0.25, 0.3) is 0 Å². The minimum absolute atomic E-state index is 0. The zero-order valence-electron chi connectivity index (χ0n) is 23.3. The van der Waals surface area contributed by atoms with E-state index in [1.165, 1.54) is 18.2 Å². The van der Waals surface area contributed by atoms with Gasteiger partial charge in [0.15, 0.2) is 5.78 Å². The van der Waals surface area contributed by atoms with Gasteiger partial charge in [0.1, 0.15) is 0 Å². The van der Waals surface area contributed by atoms with Crippen LogP contribution in [0.2, 0.25) is 0 Å². The van der Waals surface area contributed by atoms with E-state index in [-0.39, 0.29) is 46.1 Å². The number of hydrogen-bond donors (Lipinski definition) is 0. The first kappa shape index (κ1) is 31.2. The summed E-state index contributed by atoms with van der Waals surface area (Å²) >= 11 is 0. The van der Waals surface area contributed by atoms with Crippen LogP contribution in [0.3, 0.4) is 0 Å². The van der Waals surface area contributed by atoms with Crippen molar-refractivity contribution in [3.8, 4) is 0 Å². The number of rotatable bonds is 5. The molecule has 0 amide bonds. The molecule has 200 valence electrons.